The van der Waals surface area contributed by atoms with Crippen LogP contribution in [0.3, 0.4) is 0 Å². The Balaban J connectivity index is 1.45. The lowest BCUT2D eigenvalue weighted by molar-refractivity contribution is -0.144. The molecule has 3 rings (SSSR count). The van der Waals surface area contributed by atoms with Crippen molar-refractivity contribution in [2.45, 2.75) is 25.3 Å². The van der Waals surface area contributed by atoms with Crippen LogP contribution in [0.15, 0.2) is 67.3 Å². The third-order valence-corrected chi connectivity index (χ3v) is 4.71. The van der Waals surface area contributed by atoms with E-state index < -0.39 is 5.97 Å². The number of carbonyl (C=O) groups is 2. The molecule has 1 N–H and O–H groups in total. The minimum absolute atomic E-state index is 0.0245. The van der Waals surface area contributed by atoms with E-state index in [2.05, 4.69) is 18.0 Å². The number of esters is 1. The van der Waals surface area contributed by atoms with Crippen molar-refractivity contribution in [1.82, 2.24) is 5.32 Å². The zero-order valence-electron chi connectivity index (χ0n) is 16.3. The zero-order valence-corrected chi connectivity index (χ0v) is 16.3. The number of rotatable bonds is 8. The molecule has 0 bridgehead atoms. The van der Waals surface area contributed by atoms with E-state index in [4.69, 9.17) is 9.47 Å². The summed E-state index contributed by atoms with van der Waals surface area (Å²) in [7, 11) is 0. The first-order chi connectivity index (χ1) is 14.2. The minimum atomic E-state index is -0.559. The van der Waals surface area contributed by atoms with E-state index in [-0.39, 0.29) is 18.6 Å². The number of hydrogen-bond acceptors (Lipinski definition) is 4. The smallest absolute Gasteiger partial charge is 0.331 e. The lowest BCUT2D eigenvalue weighted by Crippen LogP contribution is -2.34. The highest BCUT2D eigenvalue weighted by Crippen LogP contribution is 2.29. The molecule has 0 unspecified atom stereocenters. The van der Waals surface area contributed by atoms with Gasteiger partial charge in [0.2, 0.25) is 0 Å². The maximum atomic E-state index is 12.2. The van der Waals surface area contributed by atoms with Gasteiger partial charge in [-0.3, -0.25) is 4.79 Å². The van der Waals surface area contributed by atoms with E-state index in [1.807, 2.05) is 42.5 Å². The first-order valence-electron chi connectivity index (χ1n) is 9.71. The minimum Gasteiger partial charge on any atom is -0.490 e. The standard InChI is InChI=1S/C24H25NO4/c1-2-16-28-20-13-10-18(11-14-20)12-15-24(27)29-17-23(26)25-22-9-5-7-19-6-3-4-8-21(19)22/h2-4,6,8,10-15,22H,1,5,7,9,16-17H2,(H,25,26)/b15-12+/t22-/m0/s1. The molecule has 0 aliphatic heterocycles. The van der Waals surface area contributed by atoms with Crippen molar-refractivity contribution < 1.29 is 19.1 Å². The van der Waals surface area contributed by atoms with Crippen LogP contribution in [-0.4, -0.2) is 25.1 Å². The zero-order chi connectivity index (χ0) is 20.5. The molecule has 0 spiro atoms. The highest BCUT2D eigenvalue weighted by atomic mass is 16.5. The summed E-state index contributed by atoms with van der Waals surface area (Å²) in [6, 6.07) is 15.4. The van der Waals surface area contributed by atoms with Crippen molar-refractivity contribution in [3.05, 3.63) is 84.0 Å². The maximum absolute atomic E-state index is 12.2. The number of amides is 1. The molecule has 1 amide bonds. The van der Waals surface area contributed by atoms with Crippen LogP contribution < -0.4 is 10.1 Å². The Morgan fingerprint density at radius 3 is 2.72 bits per heavy atom. The number of nitrogens with one attached hydrogen (secondary N) is 1. The van der Waals surface area contributed by atoms with E-state index in [9.17, 15) is 9.59 Å². The van der Waals surface area contributed by atoms with Crippen molar-refractivity contribution >= 4 is 18.0 Å². The monoisotopic (exact) mass is 391 g/mol. The molecule has 5 heteroatoms. The average Bonchev–Trinajstić information content (AvgIpc) is 2.76. The predicted molar refractivity (Wildman–Crippen MR) is 112 cm³/mol. The molecule has 0 radical (unpaired) electrons. The second-order valence-corrected chi connectivity index (χ2v) is 6.82. The van der Waals surface area contributed by atoms with Crippen molar-refractivity contribution in [2.24, 2.45) is 0 Å². The molecule has 1 atom stereocenters. The number of aryl methyl sites for hydroxylation is 1. The molecule has 0 saturated carbocycles. The summed E-state index contributed by atoms with van der Waals surface area (Å²) in [6.07, 6.45) is 7.57. The molecule has 0 aromatic heterocycles. The number of fused-ring (bicyclic) bond motifs is 1. The Hall–Kier alpha value is -3.34. The third-order valence-electron chi connectivity index (χ3n) is 4.71. The summed E-state index contributed by atoms with van der Waals surface area (Å²) in [5.74, 6) is -0.126. The fourth-order valence-corrected chi connectivity index (χ4v) is 3.32. The lowest BCUT2D eigenvalue weighted by atomic mass is 9.88. The molecule has 2 aromatic carbocycles. The Bertz CT molecular complexity index is 886. The van der Waals surface area contributed by atoms with Gasteiger partial charge in [-0.1, -0.05) is 49.1 Å². The number of carbonyl (C=O) groups excluding carboxylic acids is 2. The van der Waals surface area contributed by atoms with Crippen molar-refractivity contribution in [1.29, 1.82) is 0 Å². The van der Waals surface area contributed by atoms with E-state index in [0.29, 0.717) is 6.61 Å². The van der Waals surface area contributed by atoms with Gasteiger partial charge in [0, 0.05) is 6.08 Å². The molecule has 0 saturated heterocycles. The summed E-state index contributed by atoms with van der Waals surface area (Å²) in [5, 5.41) is 2.97. The molecule has 1 aliphatic rings. The maximum Gasteiger partial charge on any atom is 0.331 e. The number of hydrogen-bond donors (Lipinski definition) is 1. The van der Waals surface area contributed by atoms with Crippen LogP contribution in [0.1, 0.15) is 35.6 Å². The second kappa shape index (κ2) is 10.3. The van der Waals surface area contributed by atoms with Crippen LogP contribution in [0.5, 0.6) is 5.75 Å². The van der Waals surface area contributed by atoms with Crippen LogP contribution in [0.4, 0.5) is 0 Å². The molecule has 1 aliphatic carbocycles. The first-order valence-corrected chi connectivity index (χ1v) is 9.71. The van der Waals surface area contributed by atoms with Crippen molar-refractivity contribution in [3.63, 3.8) is 0 Å². The fraction of sp³-hybridized carbons (Fsp3) is 0.250. The van der Waals surface area contributed by atoms with Gasteiger partial charge in [-0.05, 0) is 54.2 Å². The van der Waals surface area contributed by atoms with Crippen LogP contribution in [0, 0.1) is 0 Å². The SMILES string of the molecule is C=CCOc1ccc(/C=C/C(=O)OCC(=O)N[C@H]2CCCc3ccccc32)cc1. The summed E-state index contributed by atoms with van der Waals surface area (Å²) in [4.78, 5) is 24.1. The quantitative estimate of drug-likeness (QED) is 0.420. The Kier molecular flexibility index (Phi) is 7.22. The van der Waals surface area contributed by atoms with Crippen molar-refractivity contribution in [3.8, 4) is 5.75 Å². The summed E-state index contributed by atoms with van der Waals surface area (Å²) < 4.78 is 10.5. The van der Waals surface area contributed by atoms with Crippen LogP contribution >= 0.6 is 0 Å². The Morgan fingerprint density at radius 2 is 1.93 bits per heavy atom. The summed E-state index contributed by atoms with van der Waals surface area (Å²) in [6.45, 7) is 3.74. The van der Waals surface area contributed by atoms with Crippen LogP contribution in [-0.2, 0) is 20.7 Å². The van der Waals surface area contributed by atoms with Gasteiger partial charge >= 0.3 is 5.97 Å². The first kappa shape index (κ1) is 20.4. The van der Waals surface area contributed by atoms with Gasteiger partial charge in [-0.2, -0.15) is 0 Å². The van der Waals surface area contributed by atoms with Gasteiger partial charge in [0.05, 0.1) is 6.04 Å². The molecular weight excluding hydrogens is 366 g/mol. The number of benzene rings is 2. The van der Waals surface area contributed by atoms with Crippen molar-refractivity contribution in [2.75, 3.05) is 13.2 Å². The second-order valence-electron chi connectivity index (χ2n) is 6.82. The normalized spacial score (nSPS) is 15.4. The lowest BCUT2D eigenvalue weighted by Gasteiger charge is -2.26. The molecule has 0 heterocycles. The Morgan fingerprint density at radius 1 is 1.14 bits per heavy atom. The van der Waals surface area contributed by atoms with E-state index in [1.165, 1.54) is 11.6 Å². The highest BCUT2D eigenvalue weighted by molar-refractivity contribution is 5.89. The van der Waals surface area contributed by atoms with Gasteiger partial charge < -0.3 is 14.8 Å². The van der Waals surface area contributed by atoms with E-state index in [0.717, 1.165) is 36.1 Å². The highest BCUT2D eigenvalue weighted by Gasteiger charge is 2.21. The fourth-order valence-electron chi connectivity index (χ4n) is 3.32. The van der Waals surface area contributed by atoms with Gasteiger partial charge in [0.15, 0.2) is 6.61 Å². The van der Waals surface area contributed by atoms with Gasteiger partial charge in [-0.25, -0.2) is 4.79 Å². The largest absolute Gasteiger partial charge is 0.490 e. The molecule has 2 aromatic rings. The summed E-state index contributed by atoms with van der Waals surface area (Å²) in [5.41, 5.74) is 3.25. The molecule has 150 valence electrons. The van der Waals surface area contributed by atoms with Gasteiger partial charge in [-0.15, -0.1) is 0 Å². The molecule has 5 nitrogen and oxygen atoms in total. The topological polar surface area (TPSA) is 64.6 Å². The Labute approximate surface area is 171 Å². The third kappa shape index (κ3) is 6.07. The van der Waals surface area contributed by atoms with E-state index in [1.54, 1.807) is 12.2 Å². The number of ether oxygens (including phenoxy) is 2. The molecule has 29 heavy (non-hydrogen) atoms. The molecular formula is C24H25NO4. The molecule has 0 fully saturated rings. The predicted octanol–water partition coefficient (Wildman–Crippen LogP) is 4.00. The van der Waals surface area contributed by atoms with Gasteiger partial charge in [0.1, 0.15) is 12.4 Å². The summed E-state index contributed by atoms with van der Waals surface area (Å²) >= 11 is 0. The van der Waals surface area contributed by atoms with Gasteiger partial charge in [0.25, 0.3) is 5.91 Å². The van der Waals surface area contributed by atoms with E-state index >= 15 is 0 Å². The van der Waals surface area contributed by atoms with Crippen LogP contribution in [0.2, 0.25) is 0 Å². The van der Waals surface area contributed by atoms with Crippen LogP contribution in [0.25, 0.3) is 6.08 Å². The average molecular weight is 391 g/mol.